The lowest BCUT2D eigenvalue weighted by molar-refractivity contribution is -0.144. The van der Waals surface area contributed by atoms with E-state index in [1.165, 1.54) is 12.1 Å². The second kappa shape index (κ2) is 4.99. The number of hydrogen-bond acceptors (Lipinski definition) is 3. The Morgan fingerprint density at radius 2 is 1.82 bits per heavy atom. The molecule has 3 aliphatic rings. The van der Waals surface area contributed by atoms with E-state index in [-0.39, 0.29) is 17.4 Å². The molecule has 1 amide bonds. The molecule has 1 spiro atoms. The van der Waals surface area contributed by atoms with Crippen LogP contribution in [0.1, 0.15) is 30.9 Å². The molecule has 4 nitrogen and oxygen atoms in total. The summed E-state index contributed by atoms with van der Waals surface area (Å²) < 4.78 is 27.0. The van der Waals surface area contributed by atoms with E-state index >= 15 is 0 Å². The Bertz CT molecular complexity index is 595. The summed E-state index contributed by atoms with van der Waals surface area (Å²) in [5.74, 6) is -1.05. The highest BCUT2D eigenvalue weighted by atomic mass is 19.1. The molecule has 3 fully saturated rings. The molecule has 1 aromatic rings. The van der Waals surface area contributed by atoms with Gasteiger partial charge in [-0.05, 0) is 50.0 Å². The van der Waals surface area contributed by atoms with Crippen LogP contribution in [0.25, 0.3) is 0 Å². The van der Waals surface area contributed by atoms with E-state index in [4.69, 9.17) is 0 Å². The van der Waals surface area contributed by atoms with Gasteiger partial charge in [-0.2, -0.15) is 0 Å². The fourth-order valence-corrected chi connectivity index (χ4v) is 4.14. The maximum absolute atomic E-state index is 13.5. The summed E-state index contributed by atoms with van der Waals surface area (Å²) in [5.41, 5.74) is 0.245. The van der Waals surface area contributed by atoms with Crippen LogP contribution in [0, 0.1) is 17.0 Å². The normalized spacial score (nSPS) is 27.6. The molecule has 6 heteroatoms. The van der Waals surface area contributed by atoms with Crippen molar-refractivity contribution in [2.45, 2.75) is 25.3 Å². The number of nitrogens with one attached hydrogen (secondary N) is 1. The van der Waals surface area contributed by atoms with Gasteiger partial charge in [-0.15, -0.1) is 0 Å². The molecule has 0 saturated carbocycles. The first-order chi connectivity index (χ1) is 10.6. The largest absolute Gasteiger partial charge is 0.317 e. The number of nitrogens with zero attached hydrogens (tertiary/aromatic N) is 2. The minimum atomic E-state index is -0.586. The topological polar surface area (TPSA) is 35.6 Å². The third-order valence-corrected chi connectivity index (χ3v) is 5.24. The van der Waals surface area contributed by atoms with Gasteiger partial charge in [-0.3, -0.25) is 9.80 Å². The molecule has 0 unspecified atom stereocenters. The van der Waals surface area contributed by atoms with Gasteiger partial charge in [0.15, 0.2) is 0 Å². The van der Waals surface area contributed by atoms with Crippen molar-refractivity contribution in [3.05, 3.63) is 35.4 Å². The zero-order valence-electron chi connectivity index (χ0n) is 12.3. The smallest absolute Gasteiger partial charge is 0.245 e. The zero-order valence-corrected chi connectivity index (χ0v) is 12.3. The molecule has 0 radical (unpaired) electrons. The molecule has 22 heavy (non-hydrogen) atoms. The van der Waals surface area contributed by atoms with E-state index in [0.29, 0.717) is 5.56 Å². The number of halogens is 2. The maximum atomic E-state index is 13.5. The molecule has 3 heterocycles. The molecule has 0 aliphatic carbocycles. The average Bonchev–Trinajstić information content (AvgIpc) is 2.99. The summed E-state index contributed by atoms with van der Waals surface area (Å²) in [6.45, 7) is 3.21. The molecule has 3 aliphatic heterocycles. The van der Waals surface area contributed by atoms with Crippen molar-refractivity contribution in [1.82, 2.24) is 15.3 Å². The predicted octanol–water partition coefficient (Wildman–Crippen LogP) is 1.84. The molecular weight excluding hydrogens is 288 g/mol. The van der Waals surface area contributed by atoms with Gasteiger partial charge in [-0.1, -0.05) is 0 Å². The highest BCUT2D eigenvalue weighted by molar-refractivity contribution is 5.85. The Balaban J connectivity index is 1.65. The lowest BCUT2D eigenvalue weighted by atomic mass is 9.78. The standard InChI is InChI=1S/C16H19F2N3O/c17-12-7-11(8-13(18)9-12)14-1-6-20-10-16(15(22)21(14)20)2-4-19-5-3-16/h7-9,14,19H,1-6,10H2/t14-/m1/s1. The number of benzene rings is 1. The Morgan fingerprint density at radius 3 is 2.50 bits per heavy atom. The van der Waals surface area contributed by atoms with Crippen molar-refractivity contribution >= 4 is 5.91 Å². The first-order valence-corrected chi connectivity index (χ1v) is 7.84. The summed E-state index contributed by atoms with van der Waals surface area (Å²) >= 11 is 0. The molecule has 0 aromatic heterocycles. The van der Waals surface area contributed by atoms with Crippen LogP contribution >= 0.6 is 0 Å². The fraction of sp³-hybridized carbons (Fsp3) is 0.562. The SMILES string of the molecule is O=C1N2[C@@H](c3cc(F)cc(F)c3)CCN2CC12CCNCC2. The van der Waals surface area contributed by atoms with E-state index in [2.05, 4.69) is 10.3 Å². The van der Waals surface area contributed by atoms with Crippen LogP contribution in [0.4, 0.5) is 8.78 Å². The minimum Gasteiger partial charge on any atom is -0.317 e. The van der Waals surface area contributed by atoms with Crippen LogP contribution < -0.4 is 5.32 Å². The number of hydrazine groups is 1. The molecular formula is C16H19F2N3O. The summed E-state index contributed by atoms with van der Waals surface area (Å²) in [7, 11) is 0. The Kier molecular flexibility index (Phi) is 3.20. The Morgan fingerprint density at radius 1 is 1.14 bits per heavy atom. The van der Waals surface area contributed by atoms with Crippen molar-refractivity contribution in [3.63, 3.8) is 0 Å². The van der Waals surface area contributed by atoms with Crippen molar-refractivity contribution in [2.75, 3.05) is 26.2 Å². The number of carbonyl (C=O) groups is 1. The number of fused-ring (bicyclic) bond motifs is 1. The molecule has 3 saturated heterocycles. The molecule has 1 aromatic carbocycles. The predicted molar refractivity (Wildman–Crippen MR) is 76.7 cm³/mol. The van der Waals surface area contributed by atoms with Gasteiger partial charge in [0.25, 0.3) is 0 Å². The molecule has 1 atom stereocenters. The highest BCUT2D eigenvalue weighted by Gasteiger charge is 2.55. The molecule has 4 rings (SSSR count). The number of rotatable bonds is 1. The van der Waals surface area contributed by atoms with Crippen molar-refractivity contribution in [1.29, 1.82) is 0 Å². The van der Waals surface area contributed by atoms with Crippen LogP contribution in [0.15, 0.2) is 18.2 Å². The summed E-state index contributed by atoms with van der Waals surface area (Å²) in [6.07, 6.45) is 2.40. The third-order valence-electron chi connectivity index (χ3n) is 5.24. The van der Waals surface area contributed by atoms with Crippen LogP contribution in [0.5, 0.6) is 0 Å². The summed E-state index contributed by atoms with van der Waals surface area (Å²) in [6, 6.07) is 3.32. The fourth-order valence-electron chi connectivity index (χ4n) is 4.14. The van der Waals surface area contributed by atoms with Gasteiger partial charge in [0.2, 0.25) is 5.91 Å². The number of amides is 1. The van der Waals surface area contributed by atoms with E-state index in [1.807, 2.05) is 0 Å². The second-order valence-electron chi connectivity index (χ2n) is 6.58. The second-order valence-corrected chi connectivity index (χ2v) is 6.58. The van der Waals surface area contributed by atoms with Crippen molar-refractivity contribution in [3.8, 4) is 0 Å². The lowest BCUT2D eigenvalue weighted by Gasteiger charge is -2.32. The lowest BCUT2D eigenvalue weighted by Crippen LogP contribution is -2.44. The first-order valence-electron chi connectivity index (χ1n) is 7.84. The maximum Gasteiger partial charge on any atom is 0.245 e. The molecule has 118 valence electrons. The number of carbonyl (C=O) groups excluding carboxylic acids is 1. The van der Waals surface area contributed by atoms with Crippen LogP contribution in [0.2, 0.25) is 0 Å². The number of piperidine rings is 1. The van der Waals surface area contributed by atoms with Crippen LogP contribution in [-0.4, -0.2) is 42.1 Å². The Labute approximate surface area is 128 Å². The molecule has 0 bridgehead atoms. The highest BCUT2D eigenvalue weighted by Crippen LogP contribution is 2.46. The minimum absolute atomic E-state index is 0.126. The van der Waals surface area contributed by atoms with Gasteiger partial charge in [0, 0.05) is 19.2 Å². The summed E-state index contributed by atoms with van der Waals surface area (Å²) in [4.78, 5) is 13.0. The summed E-state index contributed by atoms with van der Waals surface area (Å²) in [5, 5.41) is 7.13. The van der Waals surface area contributed by atoms with E-state index in [0.717, 1.165) is 51.5 Å². The zero-order chi connectivity index (χ0) is 15.3. The van der Waals surface area contributed by atoms with Gasteiger partial charge in [0.1, 0.15) is 11.6 Å². The third kappa shape index (κ3) is 2.05. The average molecular weight is 307 g/mol. The van der Waals surface area contributed by atoms with Crippen molar-refractivity contribution < 1.29 is 13.6 Å². The number of hydrogen-bond donors (Lipinski definition) is 1. The van der Waals surface area contributed by atoms with Gasteiger partial charge < -0.3 is 5.32 Å². The van der Waals surface area contributed by atoms with Crippen LogP contribution in [-0.2, 0) is 4.79 Å². The first kappa shape index (κ1) is 14.1. The van der Waals surface area contributed by atoms with Crippen LogP contribution in [0.3, 0.4) is 0 Å². The Hall–Kier alpha value is -1.53. The van der Waals surface area contributed by atoms with Gasteiger partial charge >= 0.3 is 0 Å². The van der Waals surface area contributed by atoms with E-state index in [9.17, 15) is 13.6 Å². The van der Waals surface area contributed by atoms with E-state index in [1.54, 1.807) is 5.01 Å². The molecule has 1 N–H and O–H groups in total. The van der Waals surface area contributed by atoms with Gasteiger partial charge in [0.05, 0.1) is 11.5 Å². The van der Waals surface area contributed by atoms with Gasteiger partial charge in [-0.25, -0.2) is 13.8 Å². The quantitative estimate of drug-likeness (QED) is 0.860. The van der Waals surface area contributed by atoms with E-state index < -0.39 is 11.6 Å². The monoisotopic (exact) mass is 307 g/mol. The van der Waals surface area contributed by atoms with Crippen molar-refractivity contribution in [2.24, 2.45) is 5.41 Å².